The van der Waals surface area contributed by atoms with Gasteiger partial charge < -0.3 is 4.74 Å². The first kappa shape index (κ1) is 10.8. The Morgan fingerprint density at radius 3 is 2.36 bits per heavy atom. The van der Waals surface area contributed by atoms with E-state index >= 15 is 0 Å². The van der Waals surface area contributed by atoms with Crippen LogP contribution in [0.4, 0.5) is 0 Å². The molecule has 14 heavy (non-hydrogen) atoms. The Labute approximate surface area is 86.4 Å². The third-order valence-corrected chi connectivity index (χ3v) is 2.27. The third kappa shape index (κ3) is 2.16. The molecule has 0 fully saturated rings. The van der Waals surface area contributed by atoms with Gasteiger partial charge in [0.05, 0.1) is 7.11 Å². The molecule has 0 saturated carbocycles. The third-order valence-electron chi connectivity index (χ3n) is 2.27. The van der Waals surface area contributed by atoms with Gasteiger partial charge in [0.1, 0.15) is 5.75 Å². The topological polar surface area (TPSA) is 9.23 Å². The molecule has 0 aliphatic heterocycles. The van der Waals surface area contributed by atoms with Crippen molar-refractivity contribution < 1.29 is 4.74 Å². The fourth-order valence-electron chi connectivity index (χ4n) is 1.45. The Kier molecular flexibility index (Phi) is 3.00. The van der Waals surface area contributed by atoms with Crippen molar-refractivity contribution in [1.82, 2.24) is 0 Å². The van der Waals surface area contributed by atoms with Crippen LogP contribution in [0.15, 0.2) is 24.8 Å². The molecule has 0 atom stereocenters. The van der Waals surface area contributed by atoms with Crippen molar-refractivity contribution in [3.8, 4) is 5.75 Å². The van der Waals surface area contributed by atoms with Gasteiger partial charge >= 0.3 is 0 Å². The van der Waals surface area contributed by atoms with Crippen molar-refractivity contribution in [3.63, 3.8) is 0 Å². The maximum Gasteiger partial charge on any atom is 0.123 e. The molecule has 1 aromatic rings. The minimum atomic E-state index is 0.116. The molecule has 0 aromatic heterocycles. The zero-order chi connectivity index (χ0) is 10.8. The molecular formula is C13H18O. The number of benzene rings is 1. The predicted molar refractivity (Wildman–Crippen MR) is 61.8 cm³/mol. The van der Waals surface area contributed by atoms with Gasteiger partial charge in [-0.15, -0.1) is 0 Å². The first-order valence-electron chi connectivity index (χ1n) is 4.80. The molecule has 1 nitrogen and oxygen atoms in total. The van der Waals surface area contributed by atoms with Gasteiger partial charge in [-0.3, -0.25) is 0 Å². The standard InChI is InChI=1S/C13H18O/c1-6-10-7-8-11(13(2,3)4)12(9-10)14-5/h6-9H,1H2,2-5H3. The molecule has 0 saturated heterocycles. The highest BCUT2D eigenvalue weighted by Crippen LogP contribution is 2.31. The maximum atomic E-state index is 5.37. The molecule has 0 radical (unpaired) electrons. The summed E-state index contributed by atoms with van der Waals surface area (Å²) in [6.45, 7) is 10.3. The van der Waals surface area contributed by atoms with Crippen LogP contribution in [-0.2, 0) is 5.41 Å². The Balaban J connectivity index is 3.25. The fraction of sp³-hybridized carbons (Fsp3) is 0.385. The molecule has 0 N–H and O–H groups in total. The van der Waals surface area contributed by atoms with Crippen molar-refractivity contribution in [3.05, 3.63) is 35.9 Å². The normalized spacial score (nSPS) is 11.1. The lowest BCUT2D eigenvalue weighted by atomic mass is 9.86. The highest BCUT2D eigenvalue weighted by molar-refractivity contribution is 5.53. The number of hydrogen-bond acceptors (Lipinski definition) is 1. The Hall–Kier alpha value is -1.24. The average molecular weight is 190 g/mol. The van der Waals surface area contributed by atoms with Gasteiger partial charge in [0.25, 0.3) is 0 Å². The van der Waals surface area contributed by atoms with Crippen molar-refractivity contribution >= 4 is 6.08 Å². The second kappa shape index (κ2) is 3.87. The fourth-order valence-corrected chi connectivity index (χ4v) is 1.45. The first-order chi connectivity index (χ1) is 6.49. The highest BCUT2D eigenvalue weighted by Gasteiger charge is 2.18. The minimum absolute atomic E-state index is 0.116. The van der Waals surface area contributed by atoms with Crippen molar-refractivity contribution in [2.24, 2.45) is 0 Å². The SMILES string of the molecule is C=Cc1ccc(C(C)(C)C)c(OC)c1. The second-order valence-electron chi connectivity index (χ2n) is 4.41. The van der Waals surface area contributed by atoms with Gasteiger partial charge in [0.15, 0.2) is 0 Å². The average Bonchev–Trinajstić information content (AvgIpc) is 2.15. The Bertz CT molecular complexity index is 332. The monoisotopic (exact) mass is 190 g/mol. The number of rotatable bonds is 2. The van der Waals surface area contributed by atoms with E-state index in [9.17, 15) is 0 Å². The Morgan fingerprint density at radius 2 is 1.93 bits per heavy atom. The van der Waals surface area contributed by atoms with Crippen molar-refractivity contribution in [2.75, 3.05) is 7.11 Å². The molecule has 0 aliphatic rings. The molecule has 76 valence electrons. The van der Waals surface area contributed by atoms with E-state index in [1.165, 1.54) is 5.56 Å². The number of hydrogen-bond donors (Lipinski definition) is 0. The largest absolute Gasteiger partial charge is 0.496 e. The van der Waals surface area contributed by atoms with E-state index in [1.54, 1.807) is 7.11 Å². The molecule has 0 heterocycles. The zero-order valence-corrected chi connectivity index (χ0v) is 9.42. The lowest BCUT2D eigenvalue weighted by Gasteiger charge is -2.22. The Morgan fingerprint density at radius 1 is 1.29 bits per heavy atom. The summed E-state index contributed by atoms with van der Waals surface area (Å²) in [5, 5.41) is 0. The highest BCUT2D eigenvalue weighted by atomic mass is 16.5. The molecule has 0 bridgehead atoms. The molecule has 0 spiro atoms. The van der Waals surface area contributed by atoms with Crippen LogP contribution in [0.25, 0.3) is 6.08 Å². The van der Waals surface area contributed by atoms with E-state index < -0.39 is 0 Å². The first-order valence-corrected chi connectivity index (χ1v) is 4.80. The van der Waals surface area contributed by atoms with Crippen molar-refractivity contribution in [1.29, 1.82) is 0 Å². The predicted octanol–water partition coefficient (Wildman–Crippen LogP) is 3.64. The molecular weight excluding hydrogens is 172 g/mol. The molecule has 0 amide bonds. The van der Waals surface area contributed by atoms with Crippen molar-refractivity contribution in [2.45, 2.75) is 26.2 Å². The summed E-state index contributed by atoms with van der Waals surface area (Å²) >= 11 is 0. The van der Waals surface area contributed by atoms with Crippen LogP contribution in [0.5, 0.6) is 5.75 Å². The van der Waals surface area contributed by atoms with Gasteiger partial charge in [-0.2, -0.15) is 0 Å². The number of ether oxygens (including phenoxy) is 1. The van der Waals surface area contributed by atoms with E-state index in [0.29, 0.717) is 0 Å². The van der Waals surface area contributed by atoms with Gasteiger partial charge in [0, 0.05) is 0 Å². The van der Waals surface area contributed by atoms with Crippen LogP contribution < -0.4 is 4.74 Å². The summed E-state index contributed by atoms with van der Waals surface area (Å²) in [6.07, 6.45) is 1.83. The van der Waals surface area contributed by atoms with Crippen LogP contribution in [0.1, 0.15) is 31.9 Å². The van der Waals surface area contributed by atoms with Crippen LogP contribution in [0.2, 0.25) is 0 Å². The van der Waals surface area contributed by atoms with Crippen LogP contribution in [0.3, 0.4) is 0 Å². The van der Waals surface area contributed by atoms with E-state index in [1.807, 2.05) is 12.1 Å². The smallest absolute Gasteiger partial charge is 0.123 e. The van der Waals surface area contributed by atoms with Gasteiger partial charge in [0.2, 0.25) is 0 Å². The summed E-state index contributed by atoms with van der Waals surface area (Å²) < 4.78 is 5.37. The maximum absolute atomic E-state index is 5.37. The minimum Gasteiger partial charge on any atom is -0.496 e. The van der Waals surface area contributed by atoms with Gasteiger partial charge in [-0.25, -0.2) is 0 Å². The summed E-state index contributed by atoms with van der Waals surface area (Å²) in [5.41, 5.74) is 2.44. The molecule has 1 heteroatoms. The van der Waals surface area contributed by atoms with Gasteiger partial charge in [-0.05, 0) is 22.6 Å². The molecule has 0 unspecified atom stereocenters. The van der Waals surface area contributed by atoms with E-state index in [-0.39, 0.29) is 5.41 Å². The zero-order valence-electron chi connectivity index (χ0n) is 9.42. The van der Waals surface area contributed by atoms with Crippen LogP contribution >= 0.6 is 0 Å². The second-order valence-corrected chi connectivity index (χ2v) is 4.41. The summed E-state index contributed by atoms with van der Waals surface area (Å²) in [4.78, 5) is 0. The van der Waals surface area contributed by atoms with Gasteiger partial charge in [-0.1, -0.05) is 45.6 Å². The molecule has 1 rings (SSSR count). The number of methoxy groups -OCH3 is 1. The van der Waals surface area contributed by atoms with E-state index in [0.717, 1.165) is 11.3 Å². The quantitative estimate of drug-likeness (QED) is 0.692. The lowest BCUT2D eigenvalue weighted by Crippen LogP contribution is -2.12. The van der Waals surface area contributed by atoms with E-state index in [2.05, 4.69) is 39.5 Å². The van der Waals surface area contributed by atoms with E-state index in [4.69, 9.17) is 4.74 Å². The summed E-state index contributed by atoms with van der Waals surface area (Å²) in [6, 6.07) is 6.19. The summed E-state index contributed by atoms with van der Waals surface area (Å²) in [7, 11) is 1.71. The van der Waals surface area contributed by atoms with Crippen LogP contribution in [-0.4, -0.2) is 7.11 Å². The molecule has 0 aliphatic carbocycles. The van der Waals surface area contributed by atoms with Crippen LogP contribution in [0, 0.1) is 0 Å². The summed E-state index contributed by atoms with van der Waals surface area (Å²) in [5.74, 6) is 0.940. The lowest BCUT2D eigenvalue weighted by molar-refractivity contribution is 0.397. The molecule has 1 aromatic carbocycles.